The third kappa shape index (κ3) is 4.21. The van der Waals surface area contributed by atoms with Crippen molar-refractivity contribution in [1.82, 2.24) is 14.9 Å². The SMILES string of the molecule is COc1ccc2[nH]cc(CCN3C(=O)C(=O)C(=C(O)c4ccc(Cl)cc4Cl)[C@H]3c3cccnc3)c2c1. The molecule has 2 aromatic carbocycles. The van der Waals surface area contributed by atoms with E-state index in [1.807, 2.05) is 24.4 Å². The molecule has 2 aromatic heterocycles. The third-order valence-corrected chi connectivity index (χ3v) is 6.87. The van der Waals surface area contributed by atoms with Gasteiger partial charge < -0.3 is 19.7 Å². The Balaban J connectivity index is 1.56. The monoisotopic (exact) mass is 521 g/mol. The second-order valence-electron chi connectivity index (χ2n) is 8.38. The van der Waals surface area contributed by atoms with Gasteiger partial charge in [-0.3, -0.25) is 14.6 Å². The van der Waals surface area contributed by atoms with Gasteiger partial charge in [-0.05, 0) is 60.0 Å². The molecular weight excluding hydrogens is 501 g/mol. The molecule has 3 heterocycles. The lowest BCUT2D eigenvalue weighted by molar-refractivity contribution is -0.139. The van der Waals surface area contributed by atoms with Gasteiger partial charge >= 0.3 is 0 Å². The summed E-state index contributed by atoms with van der Waals surface area (Å²) in [7, 11) is 1.60. The van der Waals surface area contributed by atoms with E-state index < -0.39 is 17.7 Å². The number of nitrogens with one attached hydrogen (secondary N) is 1. The van der Waals surface area contributed by atoms with Crippen LogP contribution >= 0.6 is 23.2 Å². The number of likely N-dealkylation sites (tertiary alicyclic amines) is 1. The number of aromatic nitrogens is 2. The molecule has 1 atom stereocenters. The number of Topliss-reactive ketones (excluding diaryl/α,β-unsaturated/α-hetero) is 1. The first-order valence-electron chi connectivity index (χ1n) is 11.2. The van der Waals surface area contributed by atoms with Crippen LogP contribution in [0.25, 0.3) is 16.7 Å². The first kappa shape index (κ1) is 23.9. The number of nitrogens with zero attached hydrogens (tertiary/aromatic N) is 2. The van der Waals surface area contributed by atoms with Crippen LogP contribution in [-0.4, -0.2) is 45.3 Å². The average Bonchev–Trinajstić information content (AvgIpc) is 3.40. The van der Waals surface area contributed by atoms with Gasteiger partial charge in [0.25, 0.3) is 11.7 Å². The van der Waals surface area contributed by atoms with E-state index in [2.05, 4.69) is 9.97 Å². The van der Waals surface area contributed by atoms with Crippen LogP contribution in [-0.2, 0) is 16.0 Å². The molecule has 9 heteroatoms. The molecule has 5 rings (SSSR count). The van der Waals surface area contributed by atoms with Gasteiger partial charge in [0.1, 0.15) is 11.5 Å². The number of rotatable bonds is 6. The predicted molar refractivity (Wildman–Crippen MR) is 138 cm³/mol. The lowest BCUT2D eigenvalue weighted by Gasteiger charge is -2.25. The molecule has 1 fully saturated rings. The van der Waals surface area contributed by atoms with Gasteiger partial charge in [-0.2, -0.15) is 0 Å². The number of hydrogen-bond donors (Lipinski definition) is 2. The standard InChI is InChI=1S/C27H21Cl2N3O4/c1-36-18-5-7-22-20(12-18)15(14-31-22)8-10-32-24(16-3-2-9-30-13-16)23(26(34)27(32)35)25(33)19-6-4-17(28)11-21(19)29/h2-7,9,11-14,24,31,33H,8,10H2,1H3/t24-/m1/s1. The molecule has 0 bridgehead atoms. The number of H-pyrrole nitrogens is 1. The Kier molecular flexibility index (Phi) is 6.43. The van der Waals surface area contributed by atoms with E-state index in [9.17, 15) is 14.7 Å². The summed E-state index contributed by atoms with van der Waals surface area (Å²) in [6, 6.07) is 12.9. The summed E-state index contributed by atoms with van der Waals surface area (Å²) < 4.78 is 5.35. The number of fused-ring (bicyclic) bond motifs is 1. The highest BCUT2D eigenvalue weighted by atomic mass is 35.5. The molecule has 0 unspecified atom stereocenters. The van der Waals surface area contributed by atoms with Crippen molar-refractivity contribution >= 4 is 51.6 Å². The predicted octanol–water partition coefficient (Wildman–Crippen LogP) is 5.54. The Morgan fingerprint density at radius 2 is 2.00 bits per heavy atom. The fourth-order valence-electron chi connectivity index (χ4n) is 4.55. The Morgan fingerprint density at radius 3 is 2.72 bits per heavy atom. The van der Waals surface area contributed by atoms with Crippen molar-refractivity contribution in [3.8, 4) is 5.75 Å². The van der Waals surface area contributed by atoms with Crippen LogP contribution in [0.1, 0.15) is 22.7 Å². The van der Waals surface area contributed by atoms with E-state index in [-0.39, 0.29) is 28.5 Å². The summed E-state index contributed by atoms with van der Waals surface area (Å²) in [5, 5.41) is 12.7. The van der Waals surface area contributed by atoms with Crippen molar-refractivity contribution in [2.75, 3.05) is 13.7 Å². The largest absolute Gasteiger partial charge is 0.507 e. The summed E-state index contributed by atoms with van der Waals surface area (Å²) in [5.74, 6) is -1.12. The van der Waals surface area contributed by atoms with E-state index in [1.54, 1.807) is 37.7 Å². The zero-order chi connectivity index (χ0) is 25.4. The lowest BCUT2D eigenvalue weighted by atomic mass is 9.96. The third-order valence-electron chi connectivity index (χ3n) is 6.32. The number of methoxy groups -OCH3 is 1. The smallest absolute Gasteiger partial charge is 0.295 e. The summed E-state index contributed by atoms with van der Waals surface area (Å²) in [5.41, 5.74) is 2.68. The molecule has 1 amide bonds. The van der Waals surface area contributed by atoms with Gasteiger partial charge in [0.2, 0.25) is 0 Å². The average molecular weight is 522 g/mol. The van der Waals surface area contributed by atoms with E-state index in [0.29, 0.717) is 17.0 Å². The first-order valence-corrected chi connectivity index (χ1v) is 11.9. The number of ketones is 1. The fraction of sp³-hybridized carbons (Fsp3) is 0.148. The zero-order valence-corrected chi connectivity index (χ0v) is 20.7. The van der Waals surface area contributed by atoms with Crippen molar-refractivity contribution in [1.29, 1.82) is 0 Å². The van der Waals surface area contributed by atoms with Gasteiger partial charge in [0, 0.05) is 46.6 Å². The molecule has 182 valence electrons. The molecule has 36 heavy (non-hydrogen) atoms. The second kappa shape index (κ2) is 9.68. The highest BCUT2D eigenvalue weighted by Crippen LogP contribution is 2.40. The summed E-state index contributed by atoms with van der Waals surface area (Å²) >= 11 is 12.3. The minimum atomic E-state index is -0.829. The minimum absolute atomic E-state index is 0.0437. The van der Waals surface area contributed by atoms with Crippen LogP contribution in [0.2, 0.25) is 10.0 Å². The molecule has 1 saturated heterocycles. The molecule has 0 spiro atoms. The highest BCUT2D eigenvalue weighted by Gasteiger charge is 2.46. The number of pyridine rings is 1. The molecule has 2 N–H and O–H groups in total. The molecular formula is C27H21Cl2N3O4. The van der Waals surface area contributed by atoms with Gasteiger partial charge in [-0.25, -0.2) is 0 Å². The summed E-state index contributed by atoms with van der Waals surface area (Å²) in [6.07, 6.45) is 5.54. The Labute approximate surface area is 216 Å². The topological polar surface area (TPSA) is 95.5 Å². The maximum absolute atomic E-state index is 13.2. The normalized spacial score (nSPS) is 17.2. The summed E-state index contributed by atoms with van der Waals surface area (Å²) in [4.78, 5) is 35.3. The number of amides is 1. The summed E-state index contributed by atoms with van der Waals surface area (Å²) in [6.45, 7) is 0.236. The van der Waals surface area contributed by atoms with Gasteiger partial charge in [-0.15, -0.1) is 0 Å². The first-order chi connectivity index (χ1) is 17.4. The van der Waals surface area contributed by atoms with Gasteiger partial charge in [-0.1, -0.05) is 29.3 Å². The molecule has 7 nitrogen and oxygen atoms in total. The molecule has 4 aromatic rings. The van der Waals surface area contributed by atoms with E-state index in [1.165, 1.54) is 17.0 Å². The number of carbonyl (C=O) groups is 2. The van der Waals surface area contributed by atoms with E-state index in [0.717, 1.165) is 22.2 Å². The van der Waals surface area contributed by atoms with Crippen molar-refractivity contribution in [2.45, 2.75) is 12.5 Å². The van der Waals surface area contributed by atoms with Crippen LogP contribution in [0.5, 0.6) is 5.75 Å². The highest BCUT2D eigenvalue weighted by molar-refractivity contribution is 6.47. The fourth-order valence-corrected chi connectivity index (χ4v) is 5.05. The lowest BCUT2D eigenvalue weighted by Crippen LogP contribution is -2.31. The molecule has 0 radical (unpaired) electrons. The number of aromatic amines is 1. The van der Waals surface area contributed by atoms with Crippen molar-refractivity contribution < 1.29 is 19.4 Å². The number of aliphatic hydroxyl groups is 1. The second-order valence-corrected chi connectivity index (χ2v) is 9.22. The maximum Gasteiger partial charge on any atom is 0.295 e. The Morgan fingerprint density at radius 1 is 1.17 bits per heavy atom. The number of halogens is 2. The van der Waals surface area contributed by atoms with Crippen molar-refractivity contribution in [3.05, 3.63) is 99.4 Å². The van der Waals surface area contributed by atoms with Crippen molar-refractivity contribution in [3.63, 3.8) is 0 Å². The molecule has 1 aliphatic heterocycles. The van der Waals surface area contributed by atoms with Crippen molar-refractivity contribution in [2.24, 2.45) is 0 Å². The van der Waals surface area contributed by atoms with Crippen LogP contribution in [0.4, 0.5) is 0 Å². The maximum atomic E-state index is 13.2. The number of hydrogen-bond acceptors (Lipinski definition) is 5. The van der Waals surface area contributed by atoms with E-state index in [4.69, 9.17) is 27.9 Å². The number of aliphatic hydroxyl groups excluding tert-OH is 1. The number of carbonyl (C=O) groups excluding carboxylic acids is 2. The molecule has 1 aliphatic rings. The Hall–Kier alpha value is -3.81. The minimum Gasteiger partial charge on any atom is -0.507 e. The molecule has 0 saturated carbocycles. The molecule has 0 aliphatic carbocycles. The van der Waals surface area contributed by atoms with Gasteiger partial charge in [0.05, 0.1) is 23.7 Å². The van der Waals surface area contributed by atoms with Crippen LogP contribution in [0.15, 0.2) is 72.7 Å². The van der Waals surface area contributed by atoms with Crippen LogP contribution < -0.4 is 4.74 Å². The zero-order valence-electron chi connectivity index (χ0n) is 19.2. The Bertz CT molecular complexity index is 1510. The number of benzene rings is 2. The van der Waals surface area contributed by atoms with E-state index >= 15 is 0 Å². The van der Waals surface area contributed by atoms with Gasteiger partial charge in [0.15, 0.2) is 0 Å². The quantitative estimate of drug-likeness (QED) is 0.197. The van der Waals surface area contributed by atoms with Crippen LogP contribution in [0.3, 0.4) is 0 Å². The number of ether oxygens (including phenoxy) is 1. The van der Waals surface area contributed by atoms with Crippen LogP contribution in [0, 0.1) is 0 Å².